The first-order valence-electron chi connectivity index (χ1n) is 15.8. The van der Waals surface area contributed by atoms with E-state index in [0.29, 0.717) is 6.61 Å². The summed E-state index contributed by atoms with van der Waals surface area (Å²) in [6.07, 6.45) is 7.52. The molecule has 0 saturated heterocycles. The Kier molecular flexibility index (Phi) is 21.4. The lowest BCUT2D eigenvalue weighted by Crippen LogP contribution is -2.64. The molecule has 0 aromatic heterocycles. The predicted molar refractivity (Wildman–Crippen MR) is 157 cm³/mol. The number of hydrogen-bond donors (Lipinski definition) is 6. The number of esters is 1. The fraction of sp³-hybridized carbons (Fsp3) is 0.966. The third-order valence-corrected chi connectivity index (χ3v) is 8.52. The van der Waals surface area contributed by atoms with E-state index < -0.39 is 63.1 Å². The number of unbranched alkanes of at least 4 members (excludes halogenated alkanes) is 15. The van der Waals surface area contributed by atoms with Gasteiger partial charge in [-0.05, 0) is 6.42 Å². The van der Waals surface area contributed by atoms with Crippen LogP contribution in [-0.4, -0.2) is 98.9 Å². The molecule has 6 N–H and O–H groups in total. The molecule has 0 aliphatic heterocycles. The second-order valence-corrected chi connectivity index (χ2v) is 12.8. The van der Waals surface area contributed by atoms with Crippen LogP contribution in [-0.2, 0) is 27.9 Å². The molecular weight excluding hydrogens is 571 g/mol. The van der Waals surface area contributed by atoms with Gasteiger partial charge in [-0.2, -0.15) is 0 Å². The Balaban J connectivity index is 2.16. The Hall–Kier alpha value is -0.660. The normalized spacial score (nSPS) is 26.6. The number of ether oxygens (including phenoxy) is 2. The second-order valence-electron chi connectivity index (χ2n) is 11.4. The van der Waals surface area contributed by atoms with Gasteiger partial charge in [0.05, 0.1) is 13.2 Å². The molecule has 4 unspecified atom stereocenters. The summed E-state index contributed by atoms with van der Waals surface area (Å²) in [7, 11) is -4.95. The molecule has 0 heterocycles. The van der Waals surface area contributed by atoms with Gasteiger partial charge in [-0.1, -0.05) is 103 Å². The van der Waals surface area contributed by atoms with Crippen molar-refractivity contribution in [3.63, 3.8) is 0 Å². The molecule has 0 aromatic carbocycles. The quantitative estimate of drug-likeness (QED) is 0.0490. The number of aliphatic hydroxyl groups is 5. The number of carbonyl (C=O) groups is 1. The summed E-state index contributed by atoms with van der Waals surface area (Å²) in [5.74, 6) is -0.651. The summed E-state index contributed by atoms with van der Waals surface area (Å²) in [6.45, 7) is 3.16. The first-order chi connectivity index (χ1) is 20.0. The number of aliphatic hydroxyl groups excluding tert-OH is 5. The van der Waals surface area contributed by atoms with Crippen molar-refractivity contribution in [1.82, 2.24) is 0 Å². The van der Waals surface area contributed by atoms with Gasteiger partial charge in [-0.3, -0.25) is 13.8 Å². The largest absolute Gasteiger partial charge is 0.472 e. The molecule has 0 radical (unpaired) electrons. The molecule has 0 amide bonds. The third-order valence-electron chi connectivity index (χ3n) is 7.53. The van der Waals surface area contributed by atoms with Crippen molar-refractivity contribution in [1.29, 1.82) is 0 Å². The Morgan fingerprint density at radius 1 is 0.667 bits per heavy atom. The minimum atomic E-state index is -4.95. The topological polar surface area (TPSA) is 192 Å². The first-order valence-corrected chi connectivity index (χ1v) is 17.3. The molecule has 1 aliphatic rings. The molecule has 13 heteroatoms. The van der Waals surface area contributed by atoms with Crippen molar-refractivity contribution >= 4 is 13.8 Å². The summed E-state index contributed by atoms with van der Waals surface area (Å²) in [5.41, 5.74) is 0. The zero-order valence-electron chi connectivity index (χ0n) is 25.6. The van der Waals surface area contributed by atoms with Gasteiger partial charge in [-0.15, -0.1) is 0 Å². The molecule has 8 atom stereocenters. The Bertz CT molecular complexity index is 725. The smallest absolute Gasteiger partial charge is 0.458 e. The Labute approximate surface area is 251 Å². The van der Waals surface area contributed by atoms with E-state index >= 15 is 0 Å². The number of phosphoric ester groups is 1. The van der Waals surface area contributed by atoms with Crippen LogP contribution < -0.4 is 0 Å². The maximum Gasteiger partial charge on any atom is 0.472 e. The lowest BCUT2D eigenvalue weighted by atomic mass is 9.85. The van der Waals surface area contributed by atoms with Crippen LogP contribution in [0.15, 0.2) is 0 Å². The Morgan fingerprint density at radius 3 is 1.50 bits per heavy atom. The van der Waals surface area contributed by atoms with Gasteiger partial charge >= 0.3 is 13.8 Å². The molecule has 1 saturated carbocycles. The van der Waals surface area contributed by atoms with Crippen molar-refractivity contribution in [2.24, 2.45) is 0 Å². The van der Waals surface area contributed by atoms with E-state index in [0.717, 1.165) is 19.3 Å². The summed E-state index contributed by atoms with van der Waals surface area (Å²) in [4.78, 5) is 21.5. The van der Waals surface area contributed by atoms with Gasteiger partial charge in [-0.25, -0.2) is 4.57 Å². The van der Waals surface area contributed by atoms with Gasteiger partial charge < -0.3 is 39.9 Å². The van der Waals surface area contributed by atoms with Crippen molar-refractivity contribution in [2.45, 2.75) is 159 Å². The van der Waals surface area contributed by atoms with Gasteiger partial charge in [0.25, 0.3) is 0 Å². The monoisotopic (exact) mass is 628 g/mol. The van der Waals surface area contributed by atoms with Crippen LogP contribution in [0.25, 0.3) is 0 Å². The van der Waals surface area contributed by atoms with Crippen molar-refractivity contribution in [2.75, 3.05) is 19.8 Å². The van der Waals surface area contributed by atoms with Crippen LogP contribution in [0.5, 0.6) is 0 Å². The zero-order chi connectivity index (χ0) is 31.4. The number of phosphoric acid groups is 1. The molecular formula is C29H57O12P. The minimum absolute atomic E-state index is 0.0867. The molecule has 1 fully saturated rings. The fourth-order valence-corrected chi connectivity index (χ4v) is 5.97. The number of carbonyl (C=O) groups excluding carboxylic acids is 1. The van der Waals surface area contributed by atoms with Crippen LogP contribution in [0.1, 0.15) is 117 Å². The van der Waals surface area contributed by atoms with E-state index in [1.54, 1.807) is 0 Å². The van der Waals surface area contributed by atoms with Gasteiger partial charge in [0.2, 0.25) is 0 Å². The molecule has 0 bridgehead atoms. The first kappa shape index (κ1) is 39.4. The number of rotatable bonds is 25. The highest BCUT2D eigenvalue weighted by Crippen LogP contribution is 2.47. The molecule has 1 aliphatic carbocycles. The summed E-state index contributed by atoms with van der Waals surface area (Å²) >= 11 is 0. The van der Waals surface area contributed by atoms with Gasteiger partial charge in [0.15, 0.2) is 0 Å². The molecule has 0 aromatic rings. The highest BCUT2D eigenvalue weighted by Gasteiger charge is 2.51. The minimum Gasteiger partial charge on any atom is -0.458 e. The maximum absolute atomic E-state index is 12.4. The summed E-state index contributed by atoms with van der Waals surface area (Å²) in [5, 5.41) is 49.1. The van der Waals surface area contributed by atoms with E-state index in [-0.39, 0.29) is 6.61 Å². The molecule has 42 heavy (non-hydrogen) atoms. The maximum atomic E-state index is 12.4. The molecule has 0 spiro atoms. The summed E-state index contributed by atoms with van der Waals surface area (Å²) < 4.78 is 32.6. The molecule has 1 rings (SSSR count). The predicted octanol–water partition coefficient (Wildman–Crippen LogP) is 3.52. The highest BCUT2D eigenvalue weighted by atomic mass is 31.2. The van der Waals surface area contributed by atoms with Crippen LogP contribution >= 0.6 is 7.82 Å². The van der Waals surface area contributed by atoms with Crippen LogP contribution in [0, 0.1) is 0 Å². The third kappa shape index (κ3) is 17.0. The second kappa shape index (κ2) is 22.8. The molecule has 250 valence electrons. The van der Waals surface area contributed by atoms with E-state index in [9.17, 15) is 39.8 Å². The zero-order valence-corrected chi connectivity index (χ0v) is 26.5. The van der Waals surface area contributed by atoms with E-state index in [1.807, 2.05) is 0 Å². The standard InChI is InChI=1S/C29H57O12P/c1-3-4-5-6-7-8-9-10-11-12-13-14-15-16-17-18-19-38-20-23(40-22(2)30)21-39-42(36,37)41-29-27(34)25(32)24(31)26(33)28(29)35/h23-29,31-35H,3-21H2,1-2H3,(H,36,37)/t23?,24?,25-,26+,27-,28-,29?/m0/s1. The highest BCUT2D eigenvalue weighted by molar-refractivity contribution is 7.47. The summed E-state index contributed by atoms with van der Waals surface area (Å²) in [6, 6.07) is 0. The lowest BCUT2D eigenvalue weighted by Gasteiger charge is -2.41. The van der Waals surface area contributed by atoms with E-state index in [1.165, 1.54) is 90.4 Å². The SMILES string of the molecule is CCCCCCCCCCCCCCCCCCOCC(COP(=O)(O)OC1[C@@H](O)[C@H](O)C(O)[C@H](O)[C@@H]1O)OC(C)=O. The van der Waals surface area contributed by atoms with Gasteiger partial charge in [0, 0.05) is 13.5 Å². The van der Waals surface area contributed by atoms with E-state index in [2.05, 4.69) is 6.92 Å². The van der Waals surface area contributed by atoms with Crippen molar-refractivity contribution < 1.29 is 58.3 Å². The lowest BCUT2D eigenvalue weighted by molar-refractivity contribution is -0.220. The van der Waals surface area contributed by atoms with Crippen LogP contribution in [0.4, 0.5) is 0 Å². The average Bonchev–Trinajstić information content (AvgIpc) is 2.95. The number of hydrogen-bond acceptors (Lipinski definition) is 11. The van der Waals surface area contributed by atoms with Crippen LogP contribution in [0.3, 0.4) is 0 Å². The molecule has 12 nitrogen and oxygen atoms in total. The Morgan fingerprint density at radius 2 is 1.07 bits per heavy atom. The van der Waals surface area contributed by atoms with E-state index in [4.69, 9.17) is 18.5 Å². The fourth-order valence-electron chi connectivity index (χ4n) is 5.00. The van der Waals surface area contributed by atoms with Crippen molar-refractivity contribution in [3.05, 3.63) is 0 Å². The average molecular weight is 629 g/mol. The van der Waals surface area contributed by atoms with Crippen molar-refractivity contribution in [3.8, 4) is 0 Å². The van der Waals surface area contributed by atoms with Gasteiger partial charge in [0.1, 0.15) is 42.7 Å². The van der Waals surface area contributed by atoms with Crippen LogP contribution in [0.2, 0.25) is 0 Å².